The summed E-state index contributed by atoms with van der Waals surface area (Å²) in [7, 11) is 0. The van der Waals surface area contributed by atoms with Crippen molar-refractivity contribution in [2.75, 3.05) is 19.6 Å². The lowest BCUT2D eigenvalue weighted by Gasteiger charge is -2.38. The number of aliphatic hydroxyl groups is 4. The van der Waals surface area contributed by atoms with Gasteiger partial charge in [-0.1, -0.05) is 96.8 Å². The Balaban J connectivity index is 1.82. The predicted octanol–water partition coefficient (Wildman–Crippen LogP) is 3.14. The summed E-state index contributed by atoms with van der Waals surface area (Å²) >= 11 is 0. The van der Waals surface area contributed by atoms with Crippen molar-refractivity contribution < 1.29 is 30.0 Å². The molecule has 1 rings (SSSR count). The van der Waals surface area contributed by atoms with Crippen molar-refractivity contribution in [3.63, 3.8) is 0 Å². The van der Waals surface area contributed by atoms with E-state index in [-0.39, 0.29) is 12.5 Å². The van der Waals surface area contributed by atoms with E-state index in [0.29, 0.717) is 19.5 Å². The van der Waals surface area contributed by atoms with Crippen molar-refractivity contribution in [3.8, 4) is 0 Å². The molecule has 1 fully saturated rings. The third-order valence-corrected chi connectivity index (χ3v) is 6.89. The fourth-order valence-corrected chi connectivity index (χ4v) is 4.53. The monoisotopic (exact) mass is 502 g/mol. The van der Waals surface area contributed by atoms with Crippen molar-refractivity contribution in [2.24, 2.45) is 0 Å². The van der Waals surface area contributed by atoms with E-state index < -0.39 is 30.7 Å². The van der Waals surface area contributed by atoms with E-state index in [1.807, 2.05) is 0 Å². The fraction of sp³-hybridized carbons (Fsp3) is 0.963. The van der Waals surface area contributed by atoms with Crippen LogP contribution < -0.4 is 10.6 Å². The molecule has 1 aliphatic heterocycles. The molecule has 0 spiro atoms. The normalized spacial score (nSPS) is 24.5. The molecule has 0 radical (unpaired) electrons. The van der Waals surface area contributed by atoms with E-state index in [9.17, 15) is 25.2 Å². The molecule has 1 saturated heterocycles. The summed E-state index contributed by atoms with van der Waals surface area (Å²) in [5.41, 5.74) is 0. The molecule has 5 atom stereocenters. The number of carbonyl (C=O) groups excluding carboxylic acids is 1. The lowest BCUT2D eigenvalue weighted by molar-refractivity contribution is -0.280. The summed E-state index contributed by atoms with van der Waals surface area (Å²) in [6.07, 6.45) is 14.5. The minimum Gasteiger partial charge on any atom is -0.388 e. The second kappa shape index (κ2) is 21.3. The van der Waals surface area contributed by atoms with Crippen LogP contribution >= 0.6 is 0 Å². The first-order valence-corrected chi connectivity index (χ1v) is 14.3. The highest BCUT2D eigenvalue weighted by molar-refractivity contribution is 5.75. The summed E-state index contributed by atoms with van der Waals surface area (Å²) in [6.45, 7) is 3.67. The Bertz CT molecular complexity index is 510. The van der Waals surface area contributed by atoms with Crippen LogP contribution in [0.1, 0.15) is 116 Å². The molecular formula is C27H54N2O6. The zero-order chi connectivity index (χ0) is 25.7. The van der Waals surface area contributed by atoms with E-state index in [1.54, 1.807) is 0 Å². The Hall–Kier alpha value is -0.770. The third kappa shape index (κ3) is 15.8. The highest BCUT2D eigenvalue weighted by atomic mass is 16.6. The molecule has 208 valence electrons. The second-order valence-electron chi connectivity index (χ2n) is 10.1. The first kappa shape index (κ1) is 32.3. The minimum absolute atomic E-state index is 0.0889. The van der Waals surface area contributed by atoms with Gasteiger partial charge in [0, 0.05) is 19.5 Å². The van der Waals surface area contributed by atoms with E-state index >= 15 is 0 Å². The molecule has 35 heavy (non-hydrogen) atoms. The lowest BCUT2D eigenvalue weighted by atomic mass is 9.99. The van der Waals surface area contributed by atoms with Crippen LogP contribution in [0.4, 0.5) is 0 Å². The number of nitrogens with one attached hydrogen (secondary N) is 2. The Morgan fingerprint density at radius 3 is 1.71 bits per heavy atom. The largest absolute Gasteiger partial charge is 0.388 e. The van der Waals surface area contributed by atoms with Gasteiger partial charge < -0.3 is 35.8 Å². The summed E-state index contributed by atoms with van der Waals surface area (Å²) in [6, 6.07) is 0. The lowest BCUT2D eigenvalue weighted by Crippen LogP contribution is -2.59. The zero-order valence-electron chi connectivity index (χ0n) is 22.1. The van der Waals surface area contributed by atoms with Crippen LogP contribution in [0.25, 0.3) is 0 Å². The fourth-order valence-electron chi connectivity index (χ4n) is 4.53. The predicted molar refractivity (Wildman–Crippen MR) is 139 cm³/mol. The first-order chi connectivity index (χ1) is 17.0. The van der Waals surface area contributed by atoms with Gasteiger partial charge in [-0.3, -0.25) is 4.79 Å². The molecule has 0 saturated carbocycles. The molecule has 1 amide bonds. The zero-order valence-corrected chi connectivity index (χ0v) is 22.1. The number of carbonyl (C=O) groups is 1. The van der Waals surface area contributed by atoms with Crippen LogP contribution in [0.5, 0.6) is 0 Å². The van der Waals surface area contributed by atoms with Crippen molar-refractivity contribution in [1.82, 2.24) is 10.6 Å². The van der Waals surface area contributed by atoms with Gasteiger partial charge in [0.15, 0.2) is 6.29 Å². The van der Waals surface area contributed by atoms with E-state index in [1.165, 1.54) is 83.5 Å². The van der Waals surface area contributed by atoms with Crippen molar-refractivity contribution in [2.45, 2.75) is 147 Å². The highest BCUT2D eigenvalue weighted by Crippen LogP contribution is 2.19. The van der Waals surface area contributed by atoms with Gasteiger partial charge in [-0.05, 0) is 19.4 Å². The number of amides is 1. The van der Waals surface area contributed by atoms with Gasteiger partial charge in [0.1, 0.15) is 24.4 Å². The van der Waals surface area contributed by atoms with Gasteiger partial charge in [-0.25, -0.2) is 0 Å². The van der Waals surface area contributed by atoms with Gasteiger partial charge in [-0.2, -0.15) is 0 Å². The molecule has 1 aliphatic rings. The van der Waals surface area contributed by atoms with E-state index in [0.717, 1.165) is 19.3 Å². The van der Waals surface area contributed by atoms with Gasteiger partial charge in [0.25, 0.3) is 0 Å². The van der Waals surface area contributed by atoms with Crippen LogP contribution in [-0.4, -0.2) is 76.7 Å². The third-order valence-electron chi connectivity index (χ3n) is 6.89. The molecule has 0 aromatic carbocycles. The van der Waals surface area contributed by atoms with Crippen molar-refractivity contribution in [1.29, 1.82) is 0 Å². The Kier molecular flexibility index (Phi) is 19.7. The number of rotatable bonds is 22. The molecule has 1 unspecified atom stereocenters. The SMILES string of the molecule is CCCCCCCCCCCCCCCCCC(=O)NCCCNC[C@H]1OC(O)[C@H](O)[C@@H](O)[C@H]1O. The van der Waals surface area contributed by atoms with Crippen LogP contribution in [0.3, 0.4) is 0 Å². The quantitative estimate of drug-likeness (QED) is 0.125. The van der Waals surface area contributed by atoms with Gasteiger partial charge >= 0.3 is 0 Å². The number of hydrogen-bond acceptors (Lipinski definition) is 7. The molecule has 1 heterocycles. The molecule has 6 N–H and O–H groups in total. The molecular weight excluding hydrogens is 448 g/mol. The van der Waals surface area contributed by atoms with Gasteiger partial charge in [-0.15, -0.1) is 0 Å². The maximum absolute atomic E-state index is 11.9. The van der Waals surface area contributed by atoms with E-state index in [2.05, 4.69) is 17.6 Å². The topological polar surface area (TPSA) is 131 Å². The van der Waals surface area contributed by atoms with Gasteiger partial charge in [0.2, 0.25) is 5.91 Å². The summed E-state index contributed by atoms with van der Waals surface area (Å²) in [5, 5.41) is 44.6. The smallest absolute Gasteiger partial charge is 0.219 e. The molecule has 8 nitrogen and oxygen atoms in total. The molecule has 0 bridgehead atoms. The molecule has 0 aromatic heterocycles. The van der Waals surface area contributed by atoms with Crippen LogP contribution in [0, 0.1) is 0 Å². The molecule has 0 aliphatic carbocycles. The first-order valence-electron chi connectivity index (χ1n) is 14.3. The molecule has 8 heteroatoms. The minimum atomic E-state index is -1.51. The average Bonchev–Trinajstić information content (AvgIpc) is 2.85. The van der Waals surface area contributed by atoms with Crippen molar-refractivity contribution >= 4 is 5.91 Å². The Morgan fingerprint density at radius 2 is 1.17 bits per heavy atom. The van der Waals surface area contributed by atoms with Gasteiger partial charge in [0.05, 0.1) is 0 Å². The highest BCUT2D eigenvalue weighted by Gasteiger charge is 2.42. The summed E-state index contributed by atoms with van der Waals surface area (Å²) < 4.78 is 5.11. The second-order valence-corrected chi connectivity index (χ2v) is 10.1. The number of hydrogen-bond donors (Lipinski definition) is 6. The number of ether oxygens (including phenoxy) is 1. The Morgan fingerprint density at radius 1 is 0.657 bits per heavy atom. The maximum Gasteiger partial charge on any atom is 0.219 e. The summed E-state index contributed by atoms with van der Waals surface area (Å²) in [4.78, 5) is 11.9. The Labute approximate surface area is 213 Å². The summed E-state index contributed by atoms with van der Waals surface area (Å²) in [5.74, 6) is 0.0889. The van der Waals surface area contributed by atoms with Crippen molar-refractivity contribution in [3.05, 3.63) is 0 Å². The number of aliphatic hydroxyl groups excluding tert-OH is 4. The van der Waals surface area contributed by atoms with Crippen LogP contribution in [-0.2, 0) is 9.53 Å². The number of unbranched alkanes of at least 4 members (excludes halogenated alkanes) is 14. The standard InChI is InChI=1S/C27H54N2O6/c1-2-3-4-5-6-7-8-9-10-11-12-13-14-15-16-18-23(30)29-20-17-19-28-21-22-24(31)25(32)26(33)27(34)35-22/h22,24-28,31-34H,2-21H2,1H3,(H,29,30)/t22-,24+,25+,26-,27?/m1/s1. The average molecular weight is 503 g/mol. The maximum atomic E-state index is 11.9. The van der Waals surface area contributed by atoms with E-state index in [4.69, 9.17) is 4.74 Å². The van der Waals surface area contributed by atoms with Crippen LogP contribution in [0.2, 0.25) is 0 Å². The molecule has 0 aromatic rings. The van der Waals surface area contributed by atoms with Crippen LogP contribution in [0.15, 0.2) is 0 Å².